The predicted octanol–water partition coefficient (Wildman–Crippen LogP) is 4.39. The molecule has 0 saturated carbocycles. The van der Waals surface area contributed by atoms with E-state index in [4.69, 9.17) is 0 Å². The van der Waals surface area contributed by atoms with Crippen molar-refractivity contribution < 1.29 is 4.79 Å². The van der Waals surface area contributed by atoms with E-state index >= 15 is 0 Å². The number of anilines is 1. The van der Waals surface area contributed by atoms with E-state index in [1.807, 2.05) is 50.4 Å². The maximum absolute atomic E-state index is 12.5. The predicted molar refractivity (Wildman–Crippen MR) is 116 cm³/mol. The number of halogens is 1. The van der Waals surface area contributed by atoms with Crippen LogP contribution in [0.3, 0.4) is 0 Å². The van der Waals surface area contributed by atoms with Crippen molar-refractivity contribution >= 4 is 39.4 Å². The highest BCUT2D eigenvalue weighted by Gasteiger charge is 2.13. The fourth-order valence-electron chi connectivity index (χ4n) is 2.96. The van der Waals surface area contributed by atoms with Crippen LogP contribution in [0.4, 0.5) is 5.82 Å². The minimum Gasteiger partial charge on any atom is -0.311 e. The monoisotopic (exact) mass is 459 g/mol. The number of thioether (sulfide) groups is 1. The second-order valence-electron chi connectivity index (χ2n) is 6.37. The van der Waals surface area contributed by atoms with Gasteiger partial charge in [0, 0.05) is 28.3 Å². The number of aryl methyl sites for hydroxylation is 2. The van der Waals surface area contributed by atoms with Crippen LogP contribution in [0.2, 0.25) is 0 Å². The molecule has 0 aliphatic heterocycles. The third-order valence-corrected chi connectivity index (χ3v) is 5.77. The van der Waals surface area contributed by atoms with Gasteiger partial charge in [-0.1, -0.05) is 45.9 Å². The molecule has 0 bridgehead atoms. The Morgan fingerprint density at radius 3 is 2.57 bits per heavy atom. The van der Waals surface area contributed by atoms with Crippen LogP contribution in [-0.2, 0) is 17.8 Å². The van der Waals surface area contributed by atoms with Gasteiger partial charge in [0.15, 0.2) is 5.16 Å². The summed E-state index contributed by atoms with van der Waals surface area (Å²) in [5.41, 5.74) is 4.00. The van der Waals surface area contributed by atoms with E-state index in [1.165, 1.54) is 11.8 Å². The topological polar surface area (TPSA) is 72.7 Å². The minimum atomic E-state index is -0.0541. The Bertz CT molecular complexity index is 965. The fraction of sp³-hybridized carbons (Fsp3) is 0.300. The summed E-state index contributed by atoms with van der Waals surface area (Å²) in [6.07, 6.45) is 4.62. The minimum absolute atomic E-state index is 0.0541. The summed E-state index contributed by atoms with van der Waals surface area (Å²) in [5.74, 6) is 0.629. The van der Waals surface area contributed by atoms with E-state index in [0.717, 1.165) is 32.1 Å². The molecule has 1 amide bonds. The molecule has 1 aromatic carbocycles. The van der Waals surface area contributed by atoms with Crippen molar-refractivity contribution in [2.45, 2.75) is 38.4 Å². The molecule has 3 rings (SSSR count). The van der Waals surface area contributed by atoms with Gasteiger partial charge in [-0.25, -0.2) is 14.6 Å². The highest BCUT2D eigenvalue weighted by molar-refractivity contribution is 9.10. The number of amides is 1. The van der Waals surface area contributed by atoms with E-state index in [2.05, 4.69) is 36.3 Å². The van der Waals surface area contributed by atoms with Crippen molar-refractivity contribution in [1.29, 1.82) is 0 Å². The zero-order chi connectivity index (χ0) is 20.1. The fourth-order valence-corrected chi connectivity index (χ4v) is 3.83. The largest absolute Gasteiger partial charge is 0.311 e. The molecule has 2 heterocycles. The summed E-state index contributed by atoms with van der Waals surface area (Å²) >= 11 is 5.07. The Morgan fingerprint density at radius 1 is 1.18 bits per heavy atom. The molecule has 28 heavy (non-hydrogen) atoms. The van der Waals surface area contributed by atoms with Gasteiger partial charge >= 0.3 is 0 Å². The Kier molecular flexibility index (Phi) is 6.85. The Balaban J connectivity index is 1.64. The first kappa shape index (κ1) is 20.5. The van der Waals surface area contributed by atoms with Crippen LogP contribution in [0.1, 0.15) is 28.9 Å². The summed E-state index contributed by atoms with van der Waals surface area (Å²) in [5, 5.41) is 8.06. The van der Waals surface area contributed by atoms with Crippen molar-refractivity contribution in [2.24, 2.45) is 0 Å². The number of hydrogen-bond acceptors (Lipinski definition) is 5. The van der Waals surface area contributed by atoms with Gasteiger partial charge in [0.25, 0.3) is 0 Å². The number of aromatic nitrogens is 4. The molecule has 146 valence electrons. The summed E-state index contributed by atoms with van der Waals surface area (Å²) < 4.78 is 2.80. The van der Waals surface area contributed by atoms with E-state index in [0.29, 0.717) is 25.2 Å². The summed E-state index contributed by atoms with van der Waals surface area (Å²) in [7, 11) is 0. The van der Waals surface area contributed by atoms with Gasteiger partial charge in [-0.3, -0.25) is 4.79 Å². The molecule has 0 saturated heterocycles. The molecule has 1 N–H and O–H groups in total. The number of rotatable bonds is 7. The lowest BCUT2D eigenvalue weighted by molar-refractivity contribution is -0.116. The first-order valence-corrected chi connectivity index (χ1v) is 10.9. The van der Waals surface area contributed by atoms with Gasteiger partial charge in [-0.15, -0.1) is 0 Å². The molecular formula is C20H22BrN5OS. The SMILES string of the molecule is CSc1nc(C)c(CCC(=O)Nc2ccnn2Cc2ccccc2Br)c(C)n1. The second kappa shape index (κ2) is 9.34. The normalized spacial score (nSPS) is 10.9. The molecule has 6 nitrogen and oxygen atoms in total. The van der Waals surface area contributed by atoms with Gasteiger partial charge in [-0.05, 0) is 43.7 Å². The standard InChI is InChI=1S/C20H22BrN5OS/c1-13-16(14(2)24-20(23-13)28-3)8-9-19(27)25-18-10-11-22-26(18)12-15-6-4-5-7-17(15)21/h4-7,10-11H,8-9,12H2,1-3H3,(H,25,27). The van der Waals surface area contributed by atoms with E-state index in [1.54, 1.807) is 10.9 Å². The number of carbonyl (C=O) groups is 1. The number of hydrogen-bond donors (Lipinski definition) is 1. The molecule has 0 atom stereocenters. The molecule has 0 aliphatic rings. The lowest BCUT2D eigenvalue weighted by atomic mass is 10.1. The van der Waals surface area contributed by atoms with Gasteiger partial charge in [0.2, 0.25) is 5.91 Å². The average Bonchev–Trinajstić information content (AvgIpc) is 3.09. The maximum Gasteiger partial charge on any atom is 0.225 e. The van der Waals surface area contributed by atoms with E-state index in [-0.39, 0.29) is 5.91 Å². The van der Waals surface area contributed by atoms with Crippen molar-refractivity contribution in [3.63, 3.8) is 0 Å². The first-order chi connectivity index (χ1) is 13.5. The molecular weight excluding hydrogens is 438 g/mol. The maximum atomic E-state index is 12.5. The molecule has 0 unspecified atom stereocenters. The van der Waals surface area contributed by atoms with Crippen LogP contribution < -0.4 is 5.32 Å². The van der Waals surface area contributed by atoms with Gasteiger partial charge in [-0.2, -0.15) is 5.10 Å². The molecule has 0 aliphatic carbocycles. The van der Waals surface area contributed by atoms with Gasteiger partial charge in [0.05, 0.1) is 12.7 Å². The number of benzene rings is 1. The van der Waals surface area contributed by atoms with E-state index in [9.17, 15) is 4.79 Å². The van der Waals surface area contributed by atoms with E-state index < -0.39 is 0 Å². The Labute approximate surface area is 177 Å². The van der Waals surface area contributed by atoms with Crippen LogP contribution in [-0.4, -0.2) is 31.9 Å². The Morgan fingerprint density at radius 2 is 1.89 bits per heavy atom. The zero-order valence-corrected chi connectivity index (χ0v) is 18.5. The van der Waals surface area contributed by atoms with Gasteiger partial charge < -0.3 is 5.32 Å². The Hall–Kier alpha value is -2.19. The molecule has 3 aromatic rings. The third kappa shape index (κ3) is 4.99. The van der Waals surface area contributed by atoms with Crippen molar-refractivity contribution in [3.8, 4) is 0 Å². The molecule has 0 radical (unpaired) electrons. The smallest absolute Gasteiger partial charge is 0.225 e. The van der Waals surface area contributed by atoms with Crippen LogP contribution in [0.25, 0.3) is 0 Å². The number of carbonyl (C=O) groups excluding carboxylic acids is 1. The average molecular weight is 460 g/mol. The molecule has 0 spiro atoms. The quantitative estimate of drug-likeness (QED) is 0.418. The first-order valence-electron chi connectivity index (χ1n) is 8.91. The lowest BCUT2D eigenvalue weighted by Gasteiger charge is -2.12. The number of nitrogens with zero attached hydrogens (tertiary/aromatic N) is 4. The summed E-state index contributed by atoms with van der Waals surface area (Å²) in [4.78, 5) is 21.4. The lowest BCUT2D eigenvalue weighted by Crippen LogP contribution is -2.17. The van der Waals surface area contributed by atoms with Crippen LogP contribution >= 0.6 is 27.7 Å². The highest BCUT2D eigenvalue weighted by Crippen LogP contribution is 2.20. The second-order valence-corrected chi connectivity index (χ2v) is 8.00. The van der Waals surface area contributed by atoms with Crippen LogP contribution in [0, 0.1) is 13.8 Å². The molecule has 8 heteroatoms. The molecule has 2 aromatic heterocycles. The van der Waals surface area contributed by atoms with Crippen molar-refractivity contribution in [2.75, 3.05) is 11.6 Å². The van der Waals surface area contributed by atoms with Crippen molar-refractivity contribution in [3.05, 3.63) is 63.5 Å². The van der Waals surface area contributed by atoms with Crippen LogP contribution in [0.15, 0.2) is 46.2 Å². The van der Waals surface area contributed by atoms with Crippen molar-refractivity contribution in [1.82, 2.24) is 19.7 Å². The summed E-state index contributed by atoms with van der Waals surface area (Å²) in [6.45, 7) is 4.51. The highest BCUT2D eigenvalue weighted by atomic mass is 79.9. The molecule has 0 fully saturated rings. The number of nitrogens with one attached hydrogen (secondary N) is 1. The van der Waals surface area contributed by atoms with Gasteiger partial charge in [0.1, 0.15) is 5.82 Å². The zero-order valence-electron chi connectivity index (χ0n) is 16.1. The summed E-state index contributed by atoms with van der Waals surface area (Å²) in [6, 6.07) is 9.78. The van der Waals surface area contributed by atoms with Crippen LogP contribution in [0.5, 0.6) is 0 Å². The third-order valence-electron chi connectivity index (χ3n) is 4.45.